The van der Waals surface area contributed by atoms with Gasteiger partial charge in [0, 0.05) is 18.4 Å². The van der Waals surface area contributed by atoms with Crippen LogP contribution < -0.4 is 5.32 Å². The van der Waals surface area contributed by atoms with Gasteiger partial charge in [0.2, 0.25) is 0 Å². The SMILES string of the molecule is CC(Nc1sc(S(C)(=O)=O)cc1[N+](=O)[O-])c1ccc(-c2ccccc2)cc1. The van der Waals surface area contributed by atoms with Crippen LogP contribution in [0.3, 0.4) is 0 Å². The number of hydrogen-bond acceptors (Lipinski definition) is 6. The third-order valence-electron chi connectivity index (χ3n) is 4.12. The zero-order valence-corrected chi connectivity index (χ0v) is 16.4. The minimum Gasteiger partial charge on any atom is -0.365 e. The third-order valence-corrected chi connectivity index (χ3v) is 6.97. The van der Waals surface area contributed by atoms with Crippen LogP contribution in [-0.4, -0.2) is 19.6 Å². The van der Waals surface area contributed by atoms with Gasteiger partial charge in [-0.3, -0.25) is 10.1 Å². The van der Waals surface area contributed by atoms with Crippen LogP contribution in [0.5, 0.6) is 0 Å². The zero-order chi connectivity index (χ0) is 19.6. The lowest BCUT2D eigenvalue weighted by Gasteiger charge is -2.14. The molecule has 0 bridgehead atoms. The number of benzene rings is 2. The summed E-state index contributed by atoms with van der Waals surface area (Å²) in [4.78, 5) is 10.7. The molecule has 8 heteroatoms. The molecule has 2 aromatic carbocycles. The Kier molecular flexibility index (Phi) is 5.29. The molecular weight excluding hydrogens is 384 g/mol. The first-order valence-corrected chi connectivity index (χ1v) is 10.9. The fraction of sp³-hybridized carbons (Fsp3) is 0.158. The Balaban J connectivity index is 1.84. The lowest BCUT2D eigenvalue weighted by molar-refractivity contribution is -0.383. The second-order valence-electron chi connectivity index (χ2n) is 6.16. The summed E-state index contributed by atoms with van der Waals surface area (Å²) in [5.41, 5.74) is 2.90. The molecule has 3 aromatic rings. The van der Waals surface area contributed by atoms with Crippen LogP contribution in [0.1, 0.15) is 18.5 Å². The molecule has 27 heavy (non-hydrogen) atoms. The van der Waals surface area contributed by atoms with Gasteiger partial charge >= 0.3 is 5.69 Å². The number of thiophene rings is 1. The predicted molar refractivity (Wildman–Crippen MR) is 108 cm³/mol. The Morgan fingerprint density at radius 3 is 2.19 bits per heavy atom. The van der Waals surface area contributed by atoms with Crippen molar-refractivity contribution in [3.8, 4) is 11.1 Å². The fourth-order valence-electron chi connectivity index (χ4n) is 2.66. The van der Waals surface area contributed by atoms with E-state index in [0.717, 1.165) is 40.3 Å². The minimum atomic E-state index is -3.50. The molecule has 1 heterocycles. The molecule has 6 nitrogen and oxygen atoms in total. The number of rotatable bonds is 6. The van der Waals surface area contributed by atoms with Crippen LogP contribution in [-0.2, 0) is 9.84 Å². The first-order valence-electron chi connectivity index (χ1n) is 8.16. The summed E-state index contributed by atoms with van der Waals surface area (Å²) in [6.45, 7) is 1.88. The van der Waals surface area contributed by atoms with Gasteiger partial charge in [-0.15, -0.1) is 0 Å². The van der Waals surface area contributed by atoms with Gasteiger partial charge < -0.3 is 5.32 Å². The Labute approximate surface area is 161 Å². The zero-order valence-electron chi connectivity index (χ0n) is 14.7. The van der Waals surface area contributed by atoms with Crippen molar-refractivity contribution < 1.29 is 13.3 Å². The molecule has 1 N–H and O–H groups in total. The maximum Gasteiger partial charge on any atom is 0.304 e. The van der Waals surface area contributed by atoms with Gasteiger partial charge in [0.25, 0.3) is 0 Å². The maximum absolute atomic E-state index is 11.7. The van der Waals surface area contributed by atoms with Gasteiger partial charge in [-0.1, -0.05) is 65.9 Å². The second kappa shape index (κ2) is 7.50. The summed E-state index contributed by atoms with van der Waals surface area (Å²) in [7, 11) is -3.50. The number of sulfone groups is 1. The van der Waals surface area contributed by atoms with Gasteiger partial charge in [-0.05, 0) is 23.6 Å². The molecule has 0 aliphatic heterocycles. The van der Waals surface area contributed by atoms with Crippen LogP contribution >= 0.6 is 11.3 Å². The van der Waals surface area contributed by atoms with Gasteiger partial charge in [-0.2, -0.15) is 0 Å². The van der Waals surface area contributed by atoms with Gasteiger partial charge in [0.1, 0.15) is 4.21 Å². The van der Waals surface area contributed by atoms with Gasteiger partial charge in [0.15, 0.2) is 14.8 Å². The normalized spacial score (nSPS) is 12.5. The van der Waals surface area contributed by atoms with E-state index in [1.54, 1.807) is 0 Å². The highest BCUT2D eigenvalue weighted by Gasteiger charge is 2.24. The number of anilines is 1. The molecule has 0 spiro atoms. The number of nitrogens with zero attached hydrogens (tertiary/aromatic N) is 1. The van der Waals surface area contributed by atoms with E-state index < -0.39 is 14.8 Å². The molecule has 0 fully saturated rings. The van der Waals surface area contributed by atoms with Crippen molar-refractivity contribution in [2.24, 2.45) is 0 Å². The first-order chi connectivity index (χ1) is 12.8. The Morgan fingerprint density at radius 1 is 1.04 bits per heavy atom. The smallest absolute Gasteiger partial charge is 0.304 e. The van der Waals surface area contributed by atoms with Crippen molar-refractivity contribution in [2.45, 2.75) is 17.2 Å². The van der Waals surface area contributed by atoms with E-state index in [0.29, 0.717) is 0 Å². The van der Waals surface area contributed by atoms with Crippen molar-refractivity contribution in [3.63, 3.8) is 0 Å². The summed E-state index contributed by atoms with van der Waals surface area (Å²) >= 11 is 0.877. The average Bonchev–Trinajstić information content (AvgIpc) is 3.07. The average molecular weight is 402 g/mol. The molecule has 0 amide bonds. The lowest BCUT2D eigenvalue weighted by Crippen LogP contribution is -2.06. The molecule has 0 aliphatic rings. The highest BCUT2D eigenvalue weighted by molar-refractivity contribution is 7.92. The van der Waals surface area contributed by atoms with Crippen molar-refractivity contribution in [1.82, 2.24) is 0 Å². The molecular formula is C19H18N2O4S2. The third kappa shape index (κ3) is 4.35. The van der Waals surface area contributed by atoms with Crippen LogP contribution in [0.2, 0.25) is 0 Å². The van der Waals surface area contributed by atoms with E-state index >= 15 is 0 Å². The van der Waals surface area contributed by atoms with Crippen LogP contribution in [0.25, 0.3) is 11.1 Å². The molecule has 3 rings (SSSR count). The second-order valence-corrected chi connectivity index (χ2v) is 9.46. The van der Waals surface area contributed by atoms with Crippen molar-refractivity contribution in [2.75, 3.05) is 11.6 Å². The summed E-state index contributed by atoms with van der Waals surface area (Å²) in [5, 5.41) is 14.6. The molecule has 0 saturated heterocycles. The van der Waals surface area contributed by atoms with E-state index in [2.05, 4.69) is 5.32 Å². The quantitative estimate of drug-likeness (QED) is 0.468. The molecule has 0 radical (unpaired) electrons. The van der Waals surface area contributed by atoms with Crippen molar-refractivity contribution >= 4 is 31.9 Å². The highest BCUT2D eigenvalue weighted by atomic mass is 32.2. The molecule has 0 aliphatic carbocycles. The monoisotopic (exact) mass is 402 g/mol. The highest BCUT2D eigenvalue weighted by Crippen LogP contribution is 2.39. The van der Waals surface area contributed by atoms with E-state index in [4.69, 9.17) is 0 Å². The molecule has 0 saturated carbocycles. The van der Waals surface area contributed by atoms with Crippen LogP contribution in [0, 0.1) is 10.1 Å². The summed E-state index contributed by atoms with van der Waals surface area (Å²) < 4.78 is 23.4. The Hall–Kier alpha value is -2.71. The van der Waals surface area contributed by atoms with Crippen molar-refractivity contribution in [1.29, 1.82) is 0 Å². The Bertz CT molecular complexity index is 1060. The van der Waals surface area contributed by atoms with Gasteiger partial charge in [-0.25, -0.2) is 8.42 Å². The van der Waals surface area contributed by atoms with Crippen LogP contribution in [0.15, 0.2) is 64.9 Å². The number of nitro groups is 1. The number of hydrogen-bond donors (Lipinski definition) is 1. The summed E-state index contributed by atoms with van der Waals surface area (Å²) in [6, 6.07) is 18.7. The van der Waals surface area contributed by atoms with Crippen molar-refractivity contribution in [3.05, 3.63) is 76.3 Å². The van der Waals surface area contributed by atoms with Crippen LogP contribution in [0.4, 0.5) is 10.7 Å². The minimum absolute atomic E-state index is 0.0247. The largest absolute Gasteiger partial charge is 0.365 e. The maximum atomic E-state index is 11.7. The van der Waals surface area contributed by atoms with E-state index in [1.165, 1.54) is 0 Å². The molecule has 1 aromatic heterocycles. The summed E-state index contributed by atoms with van der Waals surface area (Å²) in [5.74, 6) is 0. The lowest BCUT2D eigenvalue weighted by atomic mass is 10.0. The Morgan fingerprint density at radius 2 is 1.63 bits per heavy atom. The summed E-state index contributed by atoms with van der Waals surface area (Å²) in [6.07, 6.45) is 1.04. The molecule has 140 valence electrons. The number of nitrogens with one attached hydrogen (secondary N) is 1. The standard InChI is InChI=1S/C19H18N2O4S2/c1-13(14-8-10-16(11-9-14)15-6-4-3-5-7-15)20-19-17(21(22)23)12-18(26-19)27(2,24)25/h3-13,20H,1-2H3. The van der Waals surface area contributed by atoms with Gasteiger partial charge in [0.05, 0.1) is 4.92 Å². The fourth-order valence-corrected chi connectivity index (χ4v) is 4.68. The van der Waals surface area contributed by atoms with E-state index in [9.17, 15) is 18.5 Å². The van der Waals surface area contributed by atoms with E-state index in [1.807, 2.05) is 61.5 Å². The first kappa shape index (κ1) is 19.1. The molecule has 1 unspecified atom stereocenters. The topological polar surface area (TPSA) is 89.3 Å². The molecule has 1 atom stereocenters. The van der Waals surface area contributed by atoms with E-state index in [-0.39, 0.29) is 20.9 Å². The predicted octanol–water partition coefficient (Wildman–Crippen LogP) is 4.90.